The number of ether oxygens (including phenoxy) is 1. The van der Waals surface area contributed by atoms with Crippen LogP contribution in [-0.4, -0.2) is 24.0 Å². The number of nitrogen functional groups attached to an aromatic ring is 1. The van der Waals surface area contributed by atoms with Gasteiger partial charge in [-0.05, 0) is 30.7 Å². The average molecular weight is 268 g/mol. The van der Waals surface area contributed by atoms with Crippen LogP contribution >= 0.6 is 0 Å². The summed E-state index contributed by atoms with van der Waals surface area (Å²) in [5.41, 5.74) is 7.27. The summed E-state index contributed by atoms with van der Waals surface area (Å²) in [4.78, 5) is 6.48. The Hall–Kier alpha value is -2.56. The molecule has 1 aliphatic rings. The zero-order chi connectivity index (χ0) is 13.9. The van der Waals surface area contributed by atoms with Crippen LogP contribution < -0.4 is 15.4 Å². The van der Waals surface area contributed by atoms with Gasteiger partial charge in [-0.25, -0.2) is 4.98 Å². The Morgan fingerprint density at radius 2 is 2.10 bits per heavy atom. The molecule has 3 rings (SSSR count). The molecule has 1 aliphatic heterocycles. The summed E-state index contributed by atoms with van der Waals surface area (Å²) >= 11 is 0. The highest BCUT2D eigenvalue weighted by Crippen LogP contribution is 2.35. The number of hydrogen-bond donors (Lipinski definition) is 2. The summed E-state index contributed by atoms with van der Waals surface area (Å²) in [5, 5.41) is 7.71. The van der Waals surface area contributed by atoms with E-state index in [1.54, 1.807) is 12.3 Å². The number of anilines is 2. The predicted octanol–water partition coefficient (Wildman–Crippen LogP) is 2.29. The average Bonchev–Trinajstić information content (AvgIpc) is 2.69. The maximum Gasteiger partial charge on any atom is 0.144 e. The molecular weight excluding hydrogens is 252 g/mol. The van der Waals surface area contributed by atoms with E-state index in [2.05, 4.69) is 9.88 Å². The van der Waals surface area contributed by atoms with Gasteiger partial charge in [-0.3, -0.25) is 5.41 Å². The van der Waals surface area contributed by atoms with Gasteiger partial charge in [-0.2, -0.15) is 0 Å². The van der Waals surface area contributed by atoms with E-state index in [1.807, 2.05) is 30.3 Å². The molecule has 102 valence electrons. The number of nitrogens with zero attached hydrogens (tertiary/aromatic N) is 2. The first-order chi connectivity index (χ1) is 9.77. The Balaban J connectivity index is 2.13. The Kier molecular flexibility index (Phi) is 3.25. The van der Waals surface area contributed by atoms with E-state index in [9.17, 15) is 0 Å². The van der Waals surface area contributed by atoms with Crippen molar-refractivity contribution >= 4 is 17.3 Å². The molecule has 0 aliphatic carbocycles. The minimum atomic E-state index is 0.0238. The molecule has 0 saturated carbocycles. The van der Waals surface area contributed by atoms with E-state index in [4.69, 9.17) is 15.9 Å². The second-order valence-electron chi connectivity index (χ2n) is 4.61. The highest BCUT2D eigenvalue weighted by atomic mass is 16.5. The zero-order valence-corrected chi connectivity index (χ0v) is 11.0. The number of aromatic nitrogens is 1. The summed E-state index contributed by atoms with van der Waals surface area (Å²) in [6, 6.07) is 11.5. The van der Waals surface area contributed by atoms with Gasteiger partial charge in [0.2, 0.25) is 0 Å². The molecule has 1 aromatic carbocycles. The van der Waals surface area contributed by atoms with Crippen molar-refractivity contribution in [2.45, 2.75) is 6.42 Å². The second kappa shape index (κ2) is 5.21. The lowest BCUT2D eigenvalue weighted by atomic mass is 10.2. The number of benzene rings is 1. The van der Waals surface area contributed by atoms with Crippen LogP contribution in [0, 0.1) is 5.41 Å². The van der Waals surface area contributed by atoms with Gasteiger partial charge >= 0.3 is 0 Å². The third-order valence-corrected chi connectivity index (χ3v) is 3.27. The van der Waals surface area contributed by atoms with Crippen LogP contribution in [0.4, 0.5) is 11.5 Å². The van der Waals surface area contributed by atoms with Crippen molar-refractivity contribution in [3.8, 4) is 5.75 Å². The molecule has 0 spiro atoms. The van der Waals surface area contributed by atoms with E-state index in [-0.39, 0.29) is 5.84 Å². The third kappa shape index (κ3) is 2.18. The summed E-state index contributed by atoms with van der Waals surface area (Å²) in [7, 11) is 0. The lowest BCUT2D eigenvalue weighted by Gasteiger charge is -2.24. The summed E-state index contributed by atoms with van der Waals surface area (Å²) in [5.74, 6) is 1.57. The van der Waals surface area contributed by atoms with Gasteiger partial charge in [-0.15, -0.1) is 0 Å². The largest absolute Gasteiger partial charge is 0.491 e. The maximum absolute atomic E-state index is 7.71. The maximum atomic E-state index is 7.71. The van der Waals surface area contributed by atoms with E-state index in [0.29, 0.717) is 18.0 Å². The van der Waals surface area contributed by atoms with Crippen LogP contribution in [0.15, 0.2) is 42.6 Å². The fourth-order valence-corrected chi connectivity index (χ4v) is 2.37. The summed E-state index contributed by atoms with van der Waals surface area (Å²) in [6.45, 7) is 1.46. The van der Waals surface area contributed by atoms with Crippen LogP contribution in [-0.2, 0) is 0 Å². The van der Waals surface area contributed by atoms with E-state index in [1.165, 1.54) is 0 Å². The fourth-order valence-electron chi connectivity index (χ4n) is 2.37. The van der Waals surface area contributed by atoms with Gasteiger partial charge < -0.3 is 15.4 Å². The second-order valence-corrected chi connectivity index (χ2v) is 4.61. The standard InChI is InChI=1S/C15H16N4O/c16-14(17)11-5-3-8-18-15(11)19-9-4-10-20-13-7-2-1-6-12(13)19/h1-3,5-8H,4,9-10H2,(H3,16,17). The van der Waals surface area contributed by atoms with Crippen molar-refractivity contribution in [2.75, 3.05) is 18.1 Å². The Bertz CT molecular complexity index is 641. The molecular formula is C15H16N4O. The highest BCUT2D eigenvalue weighted by Gasteiger charge is 2.21. The number of nitrogens with one attached hydrogen (secondary N) is 1. The number of rotatable bonds is 2. The summed E-state index contributed by atoms with van der Waals surface area (Å²) in [6.07, 6.45) is 2.61. The van der Waals surface area contributed by atoms with Gasteiger partial charge in [0.1, 0.15) is 17.4 Å². The van der Waals surface area contributed by atoms with Crippen molar-refractivity contribution in [3.05, 3.63) is 48.2 Å². The molecule has 0 unspecified atom stereocenters. The Labute approximate surface area is 117 Å². The highest BCUT2D eigenvalue weighted by molar-refractivity contribution is 6.00. The smallest absolute Gasteiger partial charge is 0.144 e. The third-order valence-electron chi connectivity index (χ3n) is 3.27. The van der Waals surface area contributed by atoms with E-state index in [0.717, 1.165) is 24.4 Å². The van der Waals surface area contributed by atoms with Crippen LogP contribution in [0.2, 0.25) is 0 Å². The minimum absolute atomic E-state index is 0.0238. The fraction of sp³-hybridized carbons (Fsp3) is 0.200. The number of hydrogen-bond acceptors (Lipinski definition) is 4. The Morgan fingerprint density at radius 1 is 1.25 bits per heavy atom. The molecule has 3 N–H and O–H groups in total. The summed E-state index contributed by atoms with van der Waals surface area (Å²) < 4.78 is 5.75. The first-order valence-electron chi connectivity index (χ1n) is 6.56. The lowest BCUT2D eigenvalue weighted by molar-refractivity contribution is 0.322. The molecule has 1 aromatic heterocycles. The topological polar surface area (TPSA) is 75.2 Å². The van der Waals surface area contributed by atoms with Gasteiger partial charge in [-0.1, -0.05) is 12.1 Å². The zero-order valence-electron chi connectivity index (χ0n) is 11.0. The number of para-hydroxylation sites is 2. The van der Waals surface area contributed by atoms with E-state index < -0.39 is 0 Å². The van der Waals surface area contributed by atoms with Crippen molar-refractivity contribution in [3.63, 3.8) is 0 Å². The van der Waals surface area contributed by atoms with E-state index >= 15 is 0 Å². The molecule has 0 radical (unpaired) electrons. The van der Waals surface area contributed by atoms with Crippen LogP contribution in [0.5, 0.6) is 5.75 Å². The van der Waals surface area contributed by atoms with Crippen molar-refractivity contribution in [1.82, 2.24) is 4.98 Å². The molecule has 20 heavy (non-hydrogen) atoms. The molecule has 5 nitrogen and oxygen atoms in total. The molecule has 0 bridgehead atoms. The molecule has 0 fully saturated rings. The quantitative estimate of drug-likeness (QED) is 0.647. The number of fused-ring (bicyclic) bond motifs is 1. The molecule has 2 aromatic rings. The van der Waals surface area contributed by atoms with Gasteiger partial charge in [0.15, 0.2) is 0 Å². The van der Waals surface area contributed by atoms with Gasteiger partial charge in [0, 0.05) is 12.7 Å². The minimum Gasteiger partial charge on any atom is -0.491 e. The monoisotopic (exact) mass is 268 g/mol. The van der Waals surface area contributed by atoms with Gasteiger partial charge in [0.05, 0.1) is 17.9 Å². The normalized spacial score (nSPS) is 14.1. The van der Waals surface area contributed by atoms with Crippen LogP contribution in [0.25, 0.3) is 0 Å². The first kappa shape index (κ1) is 12.5. The molecule has 0 atom stereocenters. The predicted molar refractivity (Wildman–Crippen MR) is 78.8 cm³/mol. The lowest BCUT2D eigenvalue weighted by Crippen LogP contribution is -2.23. The SMILES string of the molecule is N=C(N)c1cccnc1N1CCCOc2ccccc21. The number of nitrogens with two attached hydrogens (primary N) is 1. The molecule has 5 heteroatoms. The van der Waals surface area contributed by atoms with Crippen molar-refractivity contribution in [2.24, 2.45) is 5.73 Å². The van der Waals surface area contributed by atoms with Gasteiger partial charge in [0.25, 0.3) is 0 Å². The number of pyridine rings is 1. The Morgan fingerprint density at radius 3 is 2.95 bits per heavy atom. The van der Waals surface area contributed by atoms with Crippen molar-refractivity contribution in [1.29, 1.82) is 5.41 Å². The van der Waals surface area contributed by atoms with Crippen molar-refractivity contribution < 1.29 is 4.74 Å². The van der Waals surface area contributed by atoms with Crippen LogP contribution in [0.1, 0.15) is 12.0 Å². The number of amidine groups is 1. The molecule has 0 amide bonds. The molecule has 0 saturated heterocycles. The van der Waals surface area contributed by atoms with Crippen LogP contribution in [0.3, 0.4) is 0 Å². The molecule has 2 heterocycles. The first-order valence-corrected chi connectivity index (χ1v) is 6.56.